The van der Waals surface area contributed by atoms with Crippen molar-refractivity contribution in [1.82, 2.24) is 9.97 Å². The third-order valence-corrected chi connectivity index (χ3v) is 3.66. The lowest BCUT2D eigenvalue weighted by atomic mass is 10.2. The average Bonchev–Trinajstić information content (AvgIpc) is 2.64. The number of anilines is 4. The summed E-state index contributed by atoms with van der Waals surface area (Å²) < 4.78 is 13.6. The highest BCUT2D eigenvalue weighted by atomic mass is 19.1. The zero-order valence-electron chi connectivity index (χ0n) is 14.4. The minimum atomic E-state index is -0.391. The van der Waals surface area contributed by atoms with Crippen molar-refractivity contribution >= 4 is 28.8 Å². The Morgan fingerprint density at radius 2 is 1.73 bits per heavy atom. The highest BCUT2D eigenvalue weighted by Gasteiger charge is 2.09. The van der Waals surface area contributed by atoms with Gasteiger partial charge in [0.1, 0.15) is 17.3 Å². The number of benzene rings is 2. The van der Waals surface area contributed by atoms with E-state index in [2.05, 4.69) is 20.6 Å². The molecule has 1 heterocycles. The van der Waals surface area contributed by atoms with Crippen molar-refractivity contribution in [3.8, 4) is 0 Å². The van der Waals surface area contributed by atoms with E-state index in [0.29, 0.717) is 17.2 Å². The second-order valence-corrected chi connectivity index (χ2v) is 5.79. The van der Waals surface area contributed by atoms with Gasteiger partial charge in [-0.3, -0.25) is 4.79 Å². The van der Waals surface area contributed by atoms with Gasteiger partial charge in [-0.05, 0) is 36.4 Å². The number of halogens is 1. The number of aromatic nitrogens is 2. The van der Waals surface area contributed by atoms with E-state index in [-0.39, 0.29) is 11.6 Å². The van der Waals surface area contributed by atoms with Gasteiger partial charge in [-0.2, -0.15) is 0 Å². The Balaban J connectivity index is 1.66. The summed E-state index contributed by atoms with van der Waals surface area (Å²) >= 11 is 0. The molecule has 0 aliphatic heterocycles. The van der Waals surface area contributed by atoms with E-state index in [9.17, 15) is 9.18 Å². The Morgan fingerprint density at radius 3 is 2.35 bits per heavy atom. The minimum absolute atomic E-state index is 0.167. The summed E-state index contributed by atoms with van der Waals surface area (Å²) in [6.07, 6.45) is 2.73. The quantitative estimate of drug-likeness (QED) is 0.734. The van der Waals surface area contributed by atoms with Crippen molar-refractivity contribution in [2.24, 2.45) is 0 Å². The smallest absolute Gasteiger partial charge is 0.275 e. The lowest BCUT2D eigenvalue weighted by Gasteiger charge is -2.13. The molecule has 2 N–H and O–H groups in total. The normalized spacial score (nSPS) is 10.3. The van der Waals surface area contributed by atoms with Crippen LogP contribution in [-0.2, 0) is 0 Å². The van der Waals surface area contributed by atoms with Crippen molar-refractivity contribution in [1.29, 1.82) is 0 Å². The van der Waals surface area contributed by atoms with E-state index in [0.717, 1.165) is 5.69 Å². The SMILES string of the molecule is CN(C)c1ccc(NC(=O)c2cnc(Nc3ccccc3F)cn2)cc1. The molecule has 26 heavy (non-hydrogen) atoms. The molecule has 1 aromatic heterocycles. The highest BCUT2D eigenvalue weighted by Crippen LogP contribution is 2.18. The van der Waals surface area contributed by atoms with Gasteiger partial charge >= 0.3 is 0 Å². The maximum Gasteiger partial charge on any atom is 0.275 e. The molecule has 3 rings (SSSR count). The Bertz CT molecular complexity index is 895. The van der Waals surface area contributed by atoms with Crippen LogP contribution in [0.5, 0.6) is 0 Å². The molecule has 0 saturated carbocycles. The first kappa shape index (κ1) is 17.3. The standard InChI is InChI=1S/C19H18FN5O/c1-25(2)14-9-7-13(8-10-14)23-19(26)17-11-22-18(12-21-17)24-16-6-4-3-5-15(16)20/h3-12H,1-2H3,(H,22,24)(H,23,26). The summed E-state index contributed by atoms with van der Waals surface area (Å²) in [6.45, 7) is 0. The molecular weight excluding hydrogens is 333 g/mol. The minimum Gasteiger partial charge on any atom is -0.378 e. The van der Waals surface area contributed by atoms with E-state index < -0.39 is 5.82 Å². The van der Waals surface area contributed by atoms with Crippen LogP contribution in [0, 0.1) is 5.82 Å². The number of hydrogen-bond donors (Lipinski definition) is 2. The van der Waals surface area contributed by atoms with Gasteiger partial charge in [-0.15, -0.1) is 0 Å². The Kier molecular flexibility index (Phi) is 5.07. The molecule has 1 amide bonds. The number of rotatable bonds is 5. The molecule has 0 saturated heterocycles. The van der Waals surface area contributed by atoms with Gasteiger partial charge in [0, 0.05) is 25.5 Å². The molecule has 0 aliphatic rings. The molecule has 0 fully saturated rings. The summed E-state index contributed by atoms with van der Waals surface area (Å²) in [5, 5.41) is 5.58. The second kappa shape index (κ2) is 7.60. The van der Waals surface area contributed by atoms with Crippen LogP contribution in [0.15, 0.2) is 60.9 Å². The van der Waals surface area contributed by atoms with Gasteiger partial charge in [-0.1, -0.05) is 12.1 Å². The van der Waals surface area contributed by atoms with Gasteiger partial charge in [0.2, 0.25) is 0 Å². The summed E-state index contributed by atoms with van der Waals surface area (Å²) in [4.78, 5) is 22.4. The average molecular weight is 351 g/mol. The zero-order valence-corrected chi connectivity index (χ0v) is 14.4. The van der Waals surface area contributed by atoms with E-state index in [1.54, 1.807) is 18.2 Å². The monoisotopic (exact) mass is 351 g/mol. The van der Waals surface area contributed by atoms with Gasteiger partial charge in [0.15, 0.2) is 0 Å². The topological polar surface area (TPSA) is 70.2 Å². The molecule has 0 unspecified atom stereocenters. The summed E-state index contributed by atoms with van der Waals surface area (Å²) in [7, 11) is 3.89. The van der Waals surface area contributed by atoms with Crippen LogP contribution in [0.1, 0.15) is 10.5 Å². The number of nitrogens with zero attached hydrogens (tertiary/aromatic N) is 3. The van der Waals surface area contributed by atoms with Crippen LogP contribution < -0.4 is 15.5 Å². The largest absolute Gasteiger partial charge is 0.378 e. The highest BCUT2D eigenvalue weighted by molar-refractivity contribution is 6.02. The first-order valence-corrected chi connectivity index (χ1v) is 7.95. The van der Waals surface area contributed by atoms with E-state index >= 15 is 0 Å². The van der Waals surface area contributed by atoms with Crippen molar-refractivity contribution in [2.75, 3.05) is 29.6 Å². The lowest BCUT2D eigenvalue weighted by Crippen LogP contribution is -2.14. The van der Waals surface area contributed by atoms with Gasteiger partial charge in [0.05, 0.1) is 18.1 Å². The molecular formula is C19H18FN5O. The maximum absolute atomic E-state index is 13.6. The summed E-state index contributed by atoms with van der Waals surface area (Å²) in [6, 6.07) is 13.7. The fourth-order valence-electron chi connectivity index (χ4n) is 2.25. The van der Waals surface area contributed by atoms with Crippen molar-refractivity contribution in [2.45, 2.75) is 0 Å². The third kappa shape index (κ3) is 4.13. The number of nitrogens with one attached hydrogen (secondary N) is 2. The molecule has 3 aromatic rings. The van der Waals surface area contributed by atoms with E-state index in [1.807, 2.05) is 43.3 Å². The predicted octanol–water partition coefficient (Wildman–Crippen LogP) is 3.68. The number of para-hydroxylation sites is 1. The maximum atomic E-state index is 13.6. The molecule has 0 aliphatic carbocycles. The molecule has 0 bridgehead atoms. The van der Waals surface area contributed by atoms with E-state index in [1.165, 1.54) is 18.5 Å². The Labute approximate surface area is 150 Å². The van der Waals surface area contributed by atoms with Gasteiger partial charge < -0.3 is 15.5 Å². The van der Waals surface area contributed by atoms with Gasteiger partial charge in [0.25, 0.3) is 5.91 Å². The molecule has 6 nitrogen and oxygen atoms in total. The Morgan fingerprint density at radius 1 is 1.00 bits per heavy atom. The molecule has 0 radical (unpaired) electrons. The fourth-order valence-corrected chi connectivity index (χ4v) is 2.25. The van der Waals surface area contributed by atoms with Crippen LogP contribution in [0.2, 0.25) is 0 Å². The lowest BCUT2D eigenvalue weighted by molar-refractivity contribution is 0.102. The molecule has 7 heteroatoms. The van der Waals surface area contributed by atoms with Crippen molar-refractivity contribution < 1.29 is 9.18 Å². The van der Waals surface area contributed by atoms with Crippen LogP contribution in [0.3, 0.4) is 0 Å². The molecule has 132 valence electrons. The zero-order chi connectivity index (χ0) is 18.5. The van der Waals surface area contributed by atoms with Gasteiger partial charge in [-0.25, -0.2) is 14.4 Å². The summed E-state index contributed by atoms with van der Waals surface area (Å²) in [5.74, 6) is -0.410. The predicted molar refractivity (Wildman–Crippen MR) is 100 cm³/mol. The number of carbonyl (C=O) groups is 1. The first-order valence-electron chi connectivity index (χ1n) is 7.95. The molecule has 2 aromatic carbocycles. The van der Waals surface area contributed by atoms with Crippen molar-refractivity contribution in [3.63, 3.8) is 0 Å². The molecule has 0 atom stereocenters. The van der Waals surface area contributed by atoms with Crippen LogP contribution in [0.4, 0.5) is 27.3 Å². The fraction of sp³-hybridized carbons (Fsp3) is 0.105. The van der Waals surface area contributed by atoms with Crippen LogP contribution in [0.25, 0.3) is 0 Å². The van der Waals surface area contributed by atoms with Crippen molar-refractivity contribution in [3.05, 3.63) is 72.4 Å². The van der Waals surface area contributed by atoms with E-state index in [4.69, 9.17) is 0 Å². The molecule has 0 spiro atoms. The number of carbonyl (C=O) groups excluding carboxylic acids is 1. The number of amides is 1. The third-order valence-electron chi connectivity index (χ3n) is 3.66. The summed E-state index contributed by atoms with van der Waals surface area (Å²) in [5.41, 5.74) is 2.16. The number of hydrogen-bond acceptors (Lipinski definition) is 5. The van der Waals surface area contributed by atoms with Crippen LogP contribution >= 0.6 is 0 Å². The second-order valence-electron chi connectivity index (χ2n) is 5.79. The Hall–Kier alpha value is -3.48. The van der Waals surface area contributed by atoms with Crippen LogP contribution in [-0.4, -0.2) is 30.0 Å². The first-order chi connectivity index (χ1) is 12.5.